The molecule has 0 saturated heterocycles. The number of hydrogen-bond acceptors (Lipinski definition) is 3. The van der Waals surface area contributed by atoms with Crippen molar-refractivity contribution in [1.29, 1.82) is 0 Å². The summed E-state index contributed by atoms with van der Waals surface area (Å²) in [5.74, 6) is -1.88. The van der Waals surface area contributed by atoms with Crippen LogP contribution in [0.3, 0.4) is 0 Å². The van der Waals surface area contributed by atoms with E-state index in [1.54, 1.807) is 24.3 Å². The third-order valence-corrected chi connectivity index (χ3v) is 5.71. The highest BCUT2D eigenvalue weighted by atomic mass is 32.2. The second-order valence-corrected chi connectivity index (χ2v) is 7.60. The average molecular weight is 385 g/mol. The Labute approximate surface area is 156 Å². The van der Waals surface area contributed by atoms with E-state index in [2.05, 4.69) is 0 Å². The molecule has 3 rings (SSSR count). The second kappa shape index (κ2) is 7.59. The highest BCUT2D eigenvalue weighted by Crippen LogP contribution is 2.33. The number of carboxylic acid groups (broad SMARTS) is 1. The van der Waals surface area contributed by atoms with E-state index in [9.17, 15) is 22.7 Å². The summed E-state index contributed by atoms with van der Waals surface area (Å²) in [7, 11) is -4.21. The van der Waals surface area contributed by atoms with Crippen LogP contribution < -0.4 is 4.31 Å². The predicted molar refractivity (Wildman–Crippen MR) is 100 cm³/mol. The molecule has 5 nitrogen and oxygen atoms in total. The molecular weight excluding hydrogens is 369 g/mol. The van der Waals surface area contributed by atoms with Gasteiger partial charge in [-0.15, -0.1) is 0 Å². The van der Waals surface area contributed by atoms with E-state index >= 15 is 0 Å². The van der Waals surface area contributed by atoms with Crippen molar-refractivity contribution in [2.45, 2.75) is 4.90 Å². The molecule has 0 fully saturated rings. The average Bonchev–Trinajstić information content (AvgIpc) is 2.67. The van der Waals surface area contributed by atoms with Gasteiger partial charge in [0.1, 0.15) is 12.4 Å². The van der Waals surface area contributed by atoms with Crippen molar-refractivity contribution in [2.24, 2.45) is 0 Å². The largest absolute Gasteiger partial charge is 0.480 e. The first-order valence-corrected chi connectivity index (χ1v) is 9.48. The minimum Gasteiger partial charge on any atom is -0.480 e. The number of para-hydroxylation sites is 1. The van der Waals surface area contributed by atoms with Gasteiger partial charge in [0, 0.05) is 5.56 Å². The van der Waals surface area contributed by atoms with E-state index in [-0.39, 0.29) is 10.6 Å². The van der Waals surface area contributed by atoms with Crippen LogP contribution in [0.5, 0.6) is 0 Å². The summed E-state index contributed by atoms with van der Waals surface area (Å²) >= 11 is 0. The summed E-state index contributed by atoms with van der Waals surface area (Å²) in [4.78, 5) is 11.2. The van der Waals surface area contributed by atoms with Crippen molar-refractivity contribution in [3.05, 3.63) is 84.7 Å². The molecule has 0 aromatic heterocycles. The molecule has 0 amide bonds. The highest BCUT2D eigenvalue weighted by molar-refractivity contribution is 7.92. The van der Waals surface area contributed by atoms with Crippen LogP contribution in [-0.4, -0.2) is 26.0 Å². The zero-order valence-corrected chi connectivity index (χ0v) is 14.9. The molecule has 0 unspecified atom stereocenters. The van der Waals surface area contributed by atoms with E-state index in [0.29, 0.717) is 5.56 Å². The molecular formula is C20H16FNO4S. The molecule has 3 aromatic rings. The summed E-state index contributed by atoms with van der Waals surface area (Å²) in [5.41, 5.74) is 1.55. The van der Waals surface area contributed by atoms with Crippen LogP contribution in [0.2, 0.25) is 0 Å². The Morgan fingerprint density at radius 2 is 1.48 bits per heavy atom. The van der Waals surface area contributed by atoms with Crippen LogP contribution >= 0.6 is 0 Å². The second-order valence-electron chi connectivity index (χ2n) is 5.74. The lowest BCUT2D eigenvalue weighted by Gasteiger charge is -2.25. The van der Waals surface area contributed by atoms with E-state index in [1.165, 1.54) is 0 Å². The summed E-state index contributed by atoms with van der Waals surface area (Å²) in [5, 5.41) is 9.29. The number of rotatable bonds is 6. The number of anilines is 1. The lowest BCUT2D eigenvalue weighted by Crippen LogP contribution is -2.36. The van der Waals surface area contributed by atoms with Crippen LogP contribution in [-0.2, 0) is 14.8 Å². The lowest BCUT2D eigenvalue weighted by molar-refractivity contribution is -0.135. The summed E-state index contributed by atoms with van der Waals surface area (Å²) in [6.07, 6.45) is 0. The Morgan fingerprint density at radius 3 is 2.11 bits per heavy atom. The van der Waals surface area contributed by atoms with E-state index < -0.39 is 28.4 Å². The fraction of sp³-hybridized carbons (Fsp3) is 0.0500. The molecule has 138 valence electrons. The zero-order chi connectivity index (χ0) is 19.4. The Balaban J connectivity index is 2.17. The Hall–Kier alpha value is -3.19. The number of halogens is 1. The molecule has 1 N–H and O–H groups in total. The molecule has 0 aliphatic rings. The number of hydrogen-bond donors (Lipinski definition) is 1. The van der Waals surface area contributed by atoms with Crippen molar-refractivity contribution in [3.8, 4) is 11.1 Å². The number of carboxylic acids is 1. The first-order chi connectivity index (χ1) is 12.9. The van der Waals surface area contributed by atoms with Crippen LogP contribution in [0, 0.1) is 5.82 Å². The van der Waals surface area contributed by atoms with Gasteiger partial charge in [-0.2, -0.15) is 0 Å². The van der Waals surface area contributed by atoms with Gasteiger partial charge in [-0.05, 0) is 35.9 Å². The third-order valence-electron chi connectivity index (χ3n) is 3.94. The van der Waals surface area contributed by atoms with Gasteiger partial charge < -0.3 is 5.11 Å². The van der Waals surface area contributed by atoms with E-state index in [1.807, 2.05) is 30.3 Å². The summed E-state index contributed by atoms with van der Waals surface area (Å²) < 4.78 is 40.2. The maximum atomic E-state index is 13.2. The number of sulfonamides is 1. The molecule has 0 radical (unpaired) electrons. The zero-order valence-electron chi connectivity index (χ0n) is 14.1. The molecule has 0 atom stereocenters. The van der Waals surface area contributed by atoms with E-state index in [0.717, 1.165) is 34.1 Å². The SMILES string of the molecule is O=C(O)CN(c1ccccc1-c1ccccc1)S(=O)(=O)c1ccc(F)cc1. The van der Waals surface area contributed by atoms with Crippen molar-refractivity contribution < 1.29 is 22.7 Å². The number of carbonyl (C=O) groups is 1. The van der Waals surface area contributed by atoms with Crippen LogP contribution in [0.25, 0.3) is 11.1 Å². The molecule has 0 bridgehead atoms. The molecule has 0 aliphatic heterocycles. The first-order valence-electron chi connectivity index (χ1n) is 8.04. The smallest absolute Gasteiger partial charge is 0.324 e. The van der Waals surface area contributed by atoms with Gasteiger partial charge >= 0.3 is 5.97 Å². The third kappa shape index (κ3) is 3.98. The van der Waals surface area contributed by atoms with Gasteiger partial charge in [0.05, 0.1) is 10.6 Å². The van der Waals surface area contributed by atoms with Gasteiger partial charge in [0.25, 0.3) is 10.0 Å². The monoisotopic (exact) mass is 385 g/mol. The normalized spacial score (nSPS) is 11.1. The van der Waals surface area contributed by atoms with Crippen molar-refractivity contribution >= 4 is 21.7 Å². The van der Waals surface area contributed by atoms with Crippen LogP contribution in [0.4, 0.5) is 10.1 Å². The van der Waals surface area contributed by atoms with E-state index in [4.69, 9.17) is 0 Å². The molecule has 0 spiro atoms. The molecule has 7 heteroatoms. The minimum atomic E-state index is -4.21. The Morgan fingerprint density at radius 1 is 0.889 bits per heavy atom. The first kappa shape index (κ1) is 18.6. The van der Waals surface area contributed by atoms with Crippen LogP contribution in [0.15, 0.2) is 83.8 Å². The van der Waals surface area contributed by atoms with Crippen LogP contribution in [0.1, 0.15) is 0 Å². The number of benzene rings is 3. The van der Waals surface area contributed by atoms with Gasteiger partial charge in [-0.1, -0.05) is 48.5 Å². The molecule has 0 saturated carbocycles. The number of nitrogens with zero attached hydrogens (tertiary/aromatic N) is 1. The predicted octanol–water partition coefficient (Wildman–Crippen LogP) is 3.77. The maximum absolute atomic E-state index is 13.2. The topological polar surface area (TPSA) is 74.7 Å². The van der Waals surface area contributed by atoms with Crippen molar-refractivity contribution in [1.82, 2.24) is 0 Å². The quantitative estimate of drug-likeness (QED) is 0.701. The molecule has 0 aliphatic carbocycles. The standard InChI is InChI=1S/C20H16FNO4S/c21-16-10-12-17(13-11-16)27(25,26)22(14-20(23)24)19-9-5-4-8-18(19)15-6-2-1-3-7-15/h1-13H,14H2,(H,23,24). The van der Waals surface area contributed by atoms with Gasteiger partial charge in [0.2, 0.25) is 0 Å². The van der Waals surface area contributed by atoms with Gasteiger partial charge in [0.15, 0.2) is 0 Å². The minimum absolute atomic E-state index is 0.187. The maximum Gasteiger partial charge on any atom is 0.324 e. The molecule has 0 heterocycles. The van der Waals surface area contributed by atoms with Gasteiger partial charge in [-0.3, -0.25) is 9.10 Å². The molecule has 27 heavy (non-hydrogen) atoms. The highest BCUT2D eigenvalue weighted by Gasteiger charge is 2.29. The fourth-order valence-electron chi connectivity index (χ4n) is 2.71. The molecule has 3 aromatic carbocycles. The summed E-state index contributed by atoms with van der Waals surface area (Å²) in [6.45, 7) is -0.760. The van der Waals surface area contributed by atoms with Crippen molar-refractivity contribution in [2.75, 3.05) is 10.8 Å². The number of aliphatic carboxylic acids is 1. The summed E-state index contributed by atoms with van der Waals surface area (Å²) in [6, 6.07) is 20.0. The van der Waals surface area contributed by atoms with Gasteiger partial charge in [-0.25, -0.2) is 12.8 Å². The lowest BCUT2D eigenvalue weighted by atomic mass is 10.0. The van der Waals surface area contributed by atoms with Crippen molar-refractivity contribution in [3.63, 3.8) is 0 Å². The Kier molecular flexibility index (Phi) is 5.23. The fourth-order valence-corrected chi connectivity index (χ4v) is 4.14. The Bertz CT molecular complexity index is 1050.